The second-order valence-electron chi connectivity index (χ2n) is 35.1. The van der Waals surface area contributed by atoms with Crippen molar-refractivity contribution in [1.29, 1.82) is 0 Å². The number of hydrogen-bond donors (Lipinski definition) is 0. The molecular weight excluding hydrogens is 1680 g/mol. The summed E-state index contributed by atoms with van der Waals surface area (Å²) in [7, 11) is 0. The molecule has 0 radical (unpaired) electrons. The highest BCUT2D eigenvalue weighted by Crippen LogP contribution is 2.53. The topological polar surface area (TPSA) is 158 Å². The fourth-order valence-corrected chi connectivity index (χ4v) is 21.8. The van der Waals surface area contributed by atoms with E-state index in [9.17, 15) is 0 Å². The number of fused-ring (bicyclic) bond motifs is 40. The molecule has 0 unspecified atom stereocenters. The largest absolute Gasteiger partial charge is 0.454 e. The van der Waals surface area contributed by atoms with E-state index >= 15 is 0 Å². The predicted molar refractivity (Wildman–Crippen MR) is 560 cm³/mol. The van der Waals surface area contributed by atoms with Crippen molar-refractivity contribution in [2.24, 2.45) is 0 Å². The Morgan fingerprint density at radius 1 is 0.161 bits per heavy atom. The molecule has 0 N–H and O–H groups in total. The van der Waals surface area contributed by atoms with Crippen molar-refractivity contribution >= 4 is 229 Å². The molecule has 0 atom stereocenters. The zero-order valence-electron chi connectivity index (χ0n) is 73.0. The molecule has 0 aliphatic heterocycles. The molecule has 0 aliphatic carbocycles. The molecule has 0 bridgehead atoms. The fourth-order valence-electron chi connectivity index (χ4n) is 21.8. The zero-order chi connectivity index (χ0) is 89.6. The Bertz CT molecular complexity index is 10500. The van der Waals surface area contributed by atoms with Crippen LogP contribution < -0.4 is 0 Å². The van der Waals surface area contributed by atoms with Crippen molar-refractivity contribution in [2.45, 2.75) is 0 Å². The van der Waals surface area contributed by atoms with Crippen molar-refractivity contribution in [3.63, 3.8) is 0 Å². The molecule has 31 aromatic rings. The van der Waals surface area contributed by atoms with Gasteiger partial charge in [-0.2, -0.15) is 9.97 Å². The first-order valence-electron chi connectivity index (χ1n) is 46.0. The minimum atomic E-state index is 0.543. The summed E-state index contributed by atoms with van der Waals surface area (Å²) in [5.41, 5.74) is 19.7. The molecule has 14 heteroatoms. The number of rotatable bonds is 7. The van der Waals surface area contributed by atoms with Gasteiger partial charge in [0.2, 0.25) is 17.8 Å². The normalized spacial score (nSPS) is 12.1. The number of hydrogen-bond acceptors (Lipinski definition) is 11. The van der Waals surface area contributed by atoms with Gasteiger partial charge in [0.15, 0.2) is 34.0 Å². The lowest BCUT2D eigenvalue weighted by Gasteiger charge is -2.13. The van der Waals surface area contributed by atoms with E-state index in [2.05, 4.69) is 299 Å². The molecular formula is C123H70N10O4. The maximum atomic E-state index is 6.84. The van der Waals surface area contributed by atoms with Crippen LogP contribution in [-0.4, -0.2) is 48.6 Å². The Kier molecular flexibility index (Phi) is 16.6. The van der Waals surface area contributed by atoms with Crippen molar-refractivity contribution in [2.75, 3.05) is 0 Å². The average molecular weight is 1750 g/mol. The van der Waals surface area contributed by atoms with Gasteiger partial charge in [0.1, 0.15) is 50.1 Å². The fraction of sp³-hybridized carbons (Fsp3) is 0. The first-order valence-corrected chi connectivity index (χ1v) is 46.0. The van der Waals surface area contributed by atoms with Gasteiger partial charge in [0, 0.05) is 114 Å². The average Bonchev–Trinajstić information content (AvgIpc) is 1.53. The van der Waals surface area contributed by atoms with E-state index in [0.29, 0.717) is 35.1 Å². The molecule has 10 aromatic heterocycles. The van der Waals surface area contributed by atoms with Gasteiger partial charge in [-0.1, -0.05) is 388 Å². The van der Waals surface area contributed by atoms with Gasteiger partial charge < -0.3 is 17.7 Å². The van der Waals surface area contributed by atoms with E-state index < -0.39 is 0 Å². The molecule has 0 amide bonds. The van der Waals surface area contributed by atoms with Gasteiger partial charge in [-0.25, -0.2) is 24.9 Å². The molecule has 10 heterocycles. The number of nitrogens with zero attached hydrogens (tertiary/aromatic N) is 10. The monoisotopic (exact) mass is 1750 g/mol. The minimum Gasteiger partial charge on any atom is -0.454 e. The van der Waals surface area contributed by atoms with Gasteiger partial charge in [0.25, 0.3) is 0 Å². The van der Waals surface area contributed by atoms with Crippen molar-refractivity contribution in [1.82, 2.24) is 48.6 Å². The third kappa shape index (κ3) is 11.4. The Morgan fingerprint density at radius 3 is 0.832 bits per heavy atom. The molecule has 0 aliphatic rings. The van der Waals surface area contributed by atoms with Crippen LogP contribution in [0.5, 0.6) is 0 Å². The highest BCUT2D eigenvalue weighted by molar-refractivity contribution is 6.40. The van der Waals surface area contributed by atoms with Gasteiger partial charge in [-0.3, -0.25) is 13.7 Å². The first-order chi connectivity index (χ1) is 68.0. The summed E-state index contributed by atoms with van der Waals surface area (Å²) >= 11 is 0. The van der Waals surface area contributed by atoms with E-state index in [1.165, 1.54) is 21.5 Å². The number of para-hydroxylation sites is 5. The lowest BCUT2D eigenvalue weighted by Crippen LogP contribution is -2.06. The van der Waals surface area contributed by atoms with Crippen LogP contribution in [0.25, 0.3) is 292 Å². The van der Waals surface area contributed by atoms with Crippen molar-refractivity contribution in [3.05, 3.63) is 425 Å². The first kappa shape index (κ1) is 76.0. The molecule has 14 nitrogen and oxygen atoms in total. The number of furan rings is 4. The van der Waals surface area contributed by atoms with Gasteiger partial charge in [-0.15, -0.1) is 0 Å². The lowest BCUT2D eigenvalue weighted by molar-refractivity contribution is 0.666. The van der Waals surface area contributed by atoms with Crippen molar-refractivity contribution < 1.29 is 17.7 Å². The second-order valence-corrected chi connectivity index (χ2v) is 35.1. The summed E-state index contributed by atoms with van der Waals surface area (Å²) in [5, 5.41) is 29.2. The molecule has 0 fully saturated rings. The third-order valence-electron chi connectivity index (χ3n) is 27.6. The summed E-state index contributed by atoms with van der Waals surface area (Å²) < 4.78 is 33.6. The molecule has 31 rings (SSSR count). The van der Waals surface area contributed by atoms with Crippen LogP contribution in [0.4, 0.5) is 0 Å². The molecule has 21 aromatic carbocycles. The Balaban J connectivity index is 0.0000000994. The predicted octanol–water partition coefficient (Wildman–Crippen LogP) is 32.5. The SMILES string of the molecule is c1ccc(-c2nc(-c3ccccc3)nc(-n3c4c5ccccc5ccc4c4c5ccccc5c5c6ccccc6oc5c43)n2)cc1.c1ccc(-c2nc(-n3c4c5ccccc5ccc4c4c5ccccc5c5c6ccccc6oc5c43)nc3c2oc2ccccc23)cc1.c1ccc(-c2nc(-n3c4c5ccccc5ccc4c4c5ccccc5c5c6ccccc6oc5c43)nc3ccccc23)cc1. The van der Waals surface area contributed by atoms with E-state index in [4.69, 9.17) is 52.6 Å². The van der Waals surface area contributed by atoms with Crippen LogP contribution in [0, 0.1) is 0 Å². The van der Waals surface area contributed by atoms with E-state index in [0.717, 1.165) is 235 Å². The smallest absolute Gasteiger partial charge is 0.238 e. The maximum Gasteiger partial charge on any atom is 0.238 e. The van der Waals surface area contributed by atoms with Gasteiger partial charge in [-0.05, 0) is 84.9 Å². The van der Waals surface area contributed by atoms with Crippen LogP contribution >= 0.6 is 0 Å². The zero-order valence-corrected chi connectivity index (χ0v) is 73.0. The minimum absolute atomic E-state index is 0.543. The summed E-state index contributed by atoms with van der Waals surface area (Å²) in [4.78, 5) is 36.8. The molecule has 636 valence electrons. The van der Waals surface area contributed by atoms with Crippen LogP contribution in [0.15, 0.2) is 442 Å². The van der Waals surface area contributed by atoms with E-state index in [-0.39, 0.29) is 0 Å². The maximum absolute atomic E-state index is 6.84. The Hall–Kier alpha value is -18.8. The van der Waals surface area contributed by atoms with Gasteiger partial charge >= 0.3 is 0 Å². The van der Waals surface area contributed by atoms with Crippen LogP contribution in [0.3, 0.4) is 0 Å². The highest BCUT2D eigenvalue weighted by Gasteiger charge is 2.32. The van der Waals surface area contributed by atoms with Crippen LogP contribution in [0.1, 0.15) is 0 Å². The Morgan fingerprint density at radius 2 is 0.438 bits per heavy atom. The summed E-state index contributed by atoms with van der Waals surface area (Å²) in [5.74, 6) is 2.95. The number of benzene rings is 21. The van der Waals surface area contributed by atoms with Crippen LogP contribution in [0.2, 0.25) is 0 Å². The number of aromatic nitrogens is 10. The lowest BCUT2D eigenvalue weighted by atomic mass is 9.98. The summed E-state index contributed by atoms with van der Waals surface area (Å²) in [6.07, 6.45) is 0. The highest BCUT2D eigenvalue weighted by atomic mass is 16.3. The second kappa shape index (κ2) is 29.9. The van der Waals surface area contributed by atoms with Gasteiger partial charge in [0.05, 0.1) is 27.8 Å². The quantitative estimate of drug-likeness (QED) is 0.150. The van der Waals surface area contributed by atoms with E-state index in [1.807, 2.05) is 140 Å². The summed E-state index contributed by atoms with van der Waals surface area (Å²) in [6.45, 7) is 0. The molecule has 0 saturated carbocycles. The van der Waals surface area contributed by atoms with Crippen molar-refractivity contribution in [3.8, 4) is 63.1 Å². The standard InChI is InChI=1S/C42H23N3O2.C41H24N4O.C40H23N3O/c1-2-13-25(14-3-1)36-41-37(30-19-9-11-21-33(30)47-41)44-42(43-36)45-38-26-15-5-4-12-24(26)22-23-31(38)34-27-16-6-7-17-28(27)35-29-18-8-10-20-32(29)46-40(35)39(34)45;1-3-14-26(15-4-1)39-42-40(27-16-5-2-6-17-27)44-41(43-39)45-36-28-18-8-7-13-25(28)23-24-32(36)34-29-19-9-10-20-30(29)35-31-21-11-12-22-33(31)46-38(35)37(34)45;1-2-13-25(14-3-1)36-29-18-8-10-20-32(29)41-40(42-36)43-37-26-15-5-4-12-24(26)22-23-31(37)34-27-16-6-7-17-28(27)35-30-19-9-11-21-33(30)44-39(35)38(34)43/h1-23H;1-24H;1-23H. The Labute approximate surface area is 777 Å². The summed E-state index contributed by atoms with van der Waals surface area (Å²) in [6, 6.07) is 147. The molecule has 137 heavy (non-hydrogen) atoms. The van der Waals surface area contributed by atoms with Crippen LogP contribution in [-0.2, 0) is 0 Å². The molecule has 0 spiro atoms. The van der Waals surface area contributed by atoms with E-state index in [1.54, 1.807) is 0 Å². The molecule has 0 saturated heterocycles. The third-order valence-corrected chi connectivity index (χ3v) is 27.6.